The van der Waals surface area contributed by atoms with E-state index < -0.39 is 6.10 Å². The Hall–Kier alpha value is -3.12. The summed E-state index contributed by atoms with van der Waals surface area (Å²) in [6.07, 6.45) is 3.10. The van der Waals surface area contributed by atoms with Gasteiger partial charge in [-0.3, -0.25) is 4.79 Å². The highest BCUT2D eigenvalue weighted by molar-refractivity contribution is 9.10. The number of nitrogens with zero attached hydrogens (tertiary/aromatic N) is 5. The number of thiazole rings is 1. The molecule has 1 aromatic carbocycles. The predicted octanol–water partition coefficient (Wildman–Crippen LogP) is 4.49. The van der Waals surface area contributed by atoms with Crippen molar-refractivity contribution in [1.82, 2.24) is 19.9 Å². The summed E-state index contributed by atoms with van der Waals surface area (Å²) in [6.45, 7) is 1.11. The van der Waals surface area contributed by atoms with Crippen LogP contribution in [0.1, 0.15) is 47.5 Å². The van der Waals surface area contributed by atoms with E-state index in [1.807, 2.05) is 5.38 Å². The molecule has 0 saturated carbocycles. The average molecular weight is 576 g/mol. The molecule has 3 aromatic rings. The maximum atomic E-state index is 14.3. The molecule has 0 aliphatic carbocycles. The zero-order valence-corrected chi connectivity index (χ0v) is 21.8. The lowest BCUT2D eigenvalue weighted by Crippen LogP contribution is -2.40. The summed E-state index contributed by atoms with van der Waals surface area (Å²) >= 11 is 4.98. The van der Waals surface area contributed by atoms with Crippen molar-refractivity contribution in [2.75, 3.05) is 26.8 Å². The first-order valence-corrected chi connectivity index (χ1v) is 13.1. The SMILES string of the molecule is COc1ccnc(OCC(=O)N2CCC(c3nc(C4=NOC(c5c(F)cccc5Br)C4)cs3)CC2)n1. The Morgan fingerprint density at radius 3 is 2.89 bits per heavy atom. The second kappa shape index (κ2) is 10.9. The summed E-state index contributed by atoms with van der Waals surface area (Å²) in [5.41, 5.74) is 1.93. The van der Waals surface area contributed by atoms with Gasteiger partial charge in [0.25, 0.3) is 5.91 Å². The lowest BCUT2D eigenvalue weighted by atomic mass is 9.97. The highest BCUT2D eigenvalue weighted by Crippen LogP contribution is 2.37. The fraction of sp³-hybridized carbons (Fsp3) is 0.375. The van der Waals surface area contributed by atoms with E-state index in [1.165, 1.54) is 19.4 Å². The molecule has 1 atom stereocenters. The van der Waals surface area contributed by atoms with Crippen molar-refractivity contribution in [3.63, 3.8) is 0 Å². The van der Waals surface area contributed by atoms with Crippen molar-refractivity contribution in [3.05, 3.63) is 62.4 Å². The van der Waals surface area contributed by atoms with E-state index in [-0.39, 0.29) is 30.3 Å². The number of methoxy groups -OCH3 is 1. The van der Waals surface area contributed by atoms with Gasteiger partial charge in [-0.25, -0.2) is 14.4 Å². The average Bonchev–Trinajstić information content (AvgIpc) is 3.58. The van der Waals surface area contributed by atoms with Crippen molar-refractivity contribution in [2.24, 2.45) is 5.16 Å². The molecule has 0 N–H and O–H groups in total. The number of ether oxygens (including phenoxy) is 2. The predicted molar refractivity (Wildman–Crippen MR) is 134 cm³/mol. The van der Waals surface area contributed by atoms with Crippen molar-refractivity contribution < 1.29 is 23.5 Å². The van der Waals surface area contributed by atoms with E-state index >= 15 is 0 Å². The largest absolute Gasteiger partial charge is 0.481 e. The maximum Gasteiger partial charge on any atom is 0.320 e. The Bertz CT molecular complexity index is 1260. The first kappa shape index (κ1) is 24.6. The molecule has 1 saturated heterocycles. The van der Waals surface area contributed by atoms with E-state index in [4.69, 9.17) is 19.3 Å². The molecule has 9 nitrogen and oxygen atoms in total. The first-order valence-electron chi connectivity index (χ1n) is 11.4. The van der Waals surface area contributed by atoms with Crippen molar-refractivity contribution >= 4 is 38.9 Å². The first-order chi connectivity index (χ1) is 17.5. The van der Waals surface area contributed by atoms with Crippen LogP contribution in [0.4, 0.5) is 4.39 Å². The van der Waals surface area contributed by atoms with Gasteiger partial charge in [0.2, 0.25) is 5.88 Å². The van der Waals surface area contributed by atoms with Crippen LogP contribution in [-0.2, 0) is 9.63 Å². The second-order valence-corrected chi connectivity index (χ2v) is 10.1. The van der Waals surface area contributed by atoms with Crippen molar-refractivity contribution in [2.45, 2.75) is 31.3 Å². The molecule has 188 valence electrons. The van der Waals surface area contributed by atoms with Gasteiger partial charge in [-0.2, -0.15) is 4.98 Å². The molecule has 0 radical (unpaired) electrons. The van der Waals surface area contributed by atoms with Gasteiger partial charge in [-0.15, -0.1) is 11.3 Å². The molecule has 5 rings (SSSR count). The molecule has 12 heteroatoms. The zero-order valence-electron chi connectivity index (χ0n) is 19.4. The topological polar surface area (TPSA) is 99.0 Å². The van der Waals surface area contributed by atoms with Crippen LogP contribution >= 0.6 is 27.3 Å². The Labute approximate surface area is 219 Å². The number of carbonyl (C=O) groups excluding carboxylic acids is 1. The van der Waals surface area contributed by atoms with Gasteiger partial charge in [0.15, 0.2) is 12.7 Å². The Morgan fingerprint density at radius 1 is 1.28 bits per heavy atom. The molecule has 2 aliphatic heterocycles. The third-order valence-corrected chi connectivity index (χ3v) is 7.85. The number of hydrogen-bond donors (Lipinski definition) is 0. The molecular formula is C24H23BrFN5O4S. The fourth-order valence-electron chi connectivity index (χ4n) is 4.21. The number of likely N-dealkylation sites (tertiary alicyclic amines) is 1. The molecule has 2 aliphatic rings. The number of piperidine rings is 1. The minimum Gasteiger partial charge on any atom is -0.481 e. The number of oxime groups is 1. The summed E-state index contributed by atoms with van der Waals surface area (Å²) in [6, 6.07) is 6.56. The number of hydrogen-bond acceptors (Lipinski definition) is 9. The molecule has 0 spiro atoms. The van der Waals surface area contributed by atoms with Crippen molar-refractivity contribution in [3.8, 4) is 11.9 Å². The van der Waals surface area contributed by atoms with E-state index in [0.717, 1.165) is 23.5 Å². The highest BCUT2D eigenvalue weighted by Gasteiger charge is 2.31. The normalized spacial score (nSPS) is 18.0. The van der Waals surface area contributed by atoms with E-state index in [1.54, 1.807) is 34.4 Å². The third-order valence-electron chi connectivity index (χ3n) is 6.15. The fourth-order valence-corrected chi connectivity index (χ4v) is 5.81. The molecule has 0 bridgehead atoms. The van der Waals surface area contributed by atoms with E-state index in [2.05, 4.69) is 31.1 Å². The summed E-state index contributed by atoms with van der Waals surface area (Å²) in [4.78, 5) is 32.8. The molecule has 36 heavy (non-hydrogen) atoms. The standard InChI is InChI=1S/C24H23BrFN5O4S/c1-33-20-5-8-27-24(29-20)34-12-21(32)31-9-6-14(7-10-31)23-28-18(13-36-23)17-11-19(35-30-17)22-15(25)3-2-4-16(22)26/h2-5,8,13-14,19H,6-7,9-12H2,1H3. The van der Waals surface area contributed by atoms with Gasteiger partial charge in [-0.1, -0.05) is 27.2 Å². The highest BCUT2D eigenvalue weighted by atomic mass is 79.9. The van der Waals surface area contributed by atoms with Crippen LogP contribution in [0.25, 0.3) is 0 Å². The van der Waals surface area contributed by atoms with Crippen LogP contribution in [-0.4, -0.2) is 58.3 Å². The second-order valence-electron chi connectivity index (χ2n) is 8.37. The van der Waals surface area contributed by atoms with Gasteiger partial charge >= 0.3 is 6.01 Å². The van der Waals surface area contributed by atoms with Gasteiger partial charge in [-0.05, 0) is 25.0 Å². The van der Waals surface area contributed by atoms with Crippen LogP contribution in [0.3, 0.4) is 0 Å². The van der Waals surface area contributed by atoms with Crippen LogP contribution < -0.4 is 9.47 Å². The minimum absolute atomic E-state index is 0.108. The van der Waals surface area contributed by atoms with Crippen LogP contribution in [0.15, 0.2) is 45.5 Å². The minimum atomic E-state index is -0.487. The van der Waals surface area contributed by atoms with Crippen LogP contribution in [0, 0.1) is 5.82 Å². The number of carbonyl (C=O) groups is 1. The van der Waals surface area contributed by atoms with Crippen LogP contribution in [0.5, 0.6) is 11.9 Å². The van der Waals surface area contributed by atoms with Gasteiger partial charge in [0.05, 0.1) is 17.8 Å². The van der Waals surface area contributed by atoms with E-state index in [0.29, 0.717) is 41.1 Å². The number of aromatic nitrogens is 3. The monoisotopic (exact) mass is 575 g/mol. The molecule has 1 amide bonds. The van der Waals surface area contributed by atoms with Gasteiger partial charge in [0.1, 0.15) is 11.5 Å². The number of benzene rings is 1. The lowest BCUT2D eigenvalue weighted by molar-refractivity contribution is -0.134. The molecule has 2 aromatic heterocycles. The van der Waals surface area contributed by atoms with Gasteiger partial charge < -0.3 is 19.2 Å². The van der Waals surface area contributed by atoms with Crippen molar-refractivity contribution in [1.29, 1.82) is 0 Å². The summed E-state index contributed by atoms with van der Waals surface area (Å²) < 4.78 is 25.4. The summed E-state index contributed by atoms with van der Waals surface area (Å²) in [5, 5.41) is 7.16. The lowest BCUT2D eigenvalue weighted by Gasteiger charge is -2.31. The molecule has 1 unspecified atom stereocenters. The maximum absolute atomic E-state index is 14.3. The summed E-state index contributed by atoms with van der Waals surface area (Å²) in [5.74, 6) is 0.201. The Balaban J connectivity index is 1.13. The molecule has 1 fully saturated rings. The summed E-state index contributed by atoms with van der Waals surface area (Å²) in [7, 11) is 1.50. The Kier molecular flexibility index (Phi) is 7.42. The van der Waals surface area contributed by atoms with Crippen LogP contribution in [0.2, 0.25) is 0 Å². The number of halogens is 2. The smallest absolute Gasteiger partial charge is 0.320 e. The third kappa shape index (κ3) is 5.34. The molecular weight excluding hydrogens is 553 g/mol. The molecule has 4 heterocycles. The number of rotatable bonds is 7. The number of amides is 1. The quantitative estimate of drug-likeness (QED) is 0.409. The van der Waals surface area contributed by atoms with Gasteiger partial charge in [0, 0.05) is 53.1 Å². The van der Waals surface area contributed by atoms with E-state index in [9.17, 15) is 9.18 Å². The Morgan fingerprint density at radius 2 is 2.11 bits per heavy atom. The zero-order chi connectivity index (χ0) is 25.1.